The Morgan fingerprint density at radius 3 is 3.00 bits per heavy atom. The van der Waals surface area contributed by atoms with E-state index in [4.69, 9.17) is 4.74 Å². The molecule has 1 aromatic rings. The van der Waals surface area contributed by atoms with Crippen molar-refractivity contribution in [3.05, 3.63) is 28.2 Å². The van der Waals surface area contributed by atoms with Crippen LogP contribution < -0.4 is 10.1 Å². The molecule has 102 valence electrons. The fourth-order valence-electron chi connectivity index (χ4n) is 2.39. The Morgan fingerprint density at radius 2 is 2.17 bits per heavy atom. The van der Waals surface area contributed by atoms with Crippen molar-refractivity contribution in [2.24, 2.45) is 0 Å². The first-order valence-corrected chi connectivity index (χ1v) is 6.48. The predicted octanol–water partition coefficient (Wildman–Crippen LogP) is 2.46. The monoisotopic (exact) mass is 354 g/mol. The molecule has 1 aromatic carbocycles. The summed E-state index contributed by atoms with van der Waals surface area (Å²) in [6.45, 7) is 5.03. The second-order valence-corrected chi connectivity index (χ2v) is 5.31. The highest BCUT2D eigenvalue weighted by molar-refractivity contribution is 9.10. The summed E-state index contributed by atoms with van der Waals surface area (Å²) < 4.78 is 7.00. The van der Waals surface area contributed by atoms with E-state index >= 15 is 0 Å². The van der Waals surface area contributed by atoms with E-state index in [1.165, 1.54) is 5.56 Å². The Balaban J connectivity index is 0.000000810. The van der Waals surface area contributed by atoms with Crippen molar-refractivity contribution in [2.75, 3.05) is 26.2 Å². The van der Waals surface area contributed by atoms with Gasteiger partial charge in [0.2, 0.25) is 0 Å². The molecule has 0 saturated carbocycles. The zero-order chi connectivity index (χ0) is 11.0. The van der Waals surface area contributed by atoms with Crippen LogP contribution in [0, 0.1) is 0 Å². The van der Waals surface area contributed by atoms with Gasteiger partial charge in [0.05, 0.1) is 6.04 Å². The van der Waals surface area contributed by atoms with E-state index in [1.807, 2.05) is 6.07 Å². The molecule has 1 fully saturated rings. The van der Waals surface area contributed by atoms with Crippen LogP contribution in [-0.2, 0) is 6.54 Å². The van der Waals surface area contributed by atoms with Crippen LogP contribution in [0.15, 0.2) is 22.7 Å². The van der Waals surface area contributed by atoms with Gasteiger partial charge < -0.3 is 10.1 Å². The van der Waals surface area contributed by atoms with Crippen LogP contribution in [0.2, 0.25) is 0 Å². The molecule has 6 heteroatoms. The molecule has 2 aliphatic heterocycles. The zero-order valence-electron chi connectivity index (χ0n) is 9.89. The average Bonchev–Trinajstić information content (AvgIpc) is 2.47. The molecule has 1 atom stereocenters. The van der Waals surface area contributed by atoms with Gasteiger partial charge in [-0.2, -0.15) is 0 Å². The van der Waals surface area contributed by atoms with Crippen LogP contribution in [0.1, 0.15) is 5.56 Å². The lowest BCUT2D eigenvalue weighted by Crippen LogP contribution is -2.52. The number of fused-ring (bicyclic) bond motifs is 2. The van der Waals surface area contributed by atoms with Crippen LogP contribution in [0.3, 0.4) is 0 Å². The minimum atomic E-state index is 0. The lowest BCUT2D eigenvalue weighted by atomic mass is 10.1. The summed E-state index contributed by atoms with van der Waals surface area (Å²) in [4.78, 5) is 2.51. The minimum absolute atomic E-state index is 0. The smallest absolute Gasteiger partial charge is 0.123 e. The fraction of sp³-hybridized carbons (Fsp3) is 0.500. The standard InChI is InChI=1S/C12H15BrN2O.2ClH/c13-10-1-2-12-9(5-10)7-15-4-3-14-6-11(15)8-16-12;;/h1-2,5,11,14H,3-4,6-8H2;2*1H. The highest BCUT2D eigenvalue weighted by Crippen LogP contribution is 2.28. The Labute approximate surface area is 128 Å². The van der Waals surface area contributed by atoms with Gasteiger partial charge in [-0.05, 0) is 18.2 Å². The molecule has 0 aromatic heterocycles. The van der Waals surface area contributed by atoms with E-state index in [-0.39, 0.29) is 24.8 Å². The van der Waals surface area contributed by atoms with E-state index in [0.29, 0.717) is 6.04 Å². The molecular weight excluding hydrogens is 339 g/mol. The fourth-order valence-corrected chi connectivity index (χ4v) is 2.80. The molecule has 0 amide bonds. The summed E-state index contributed by atoms with van der Waals surface area (Å²) >= 11 is 3.52. The first-order chi connectivity index (χ1) is 7.83. The molecule has 1 unspecified atom stereocenters. The van der Waals surface area contributed by atoms with E-state index in [2.05, 4.69) is 38.3 Å². The van der Waals surface area contributed by atoms with Gasteiger partial charge in [0.15, 0.2) is 0 Å². The minimum Gasteiger partial charge on any atom is -0.492 e. The van der Waals surface area contributed by atoms with Gasteiger partial charge in [0.25, 0.3) is 0 Å². The van der Waals surface area contributed by atoms with E-state index in [9.17, 15) is 0 Å². The average molecular weight is 356 g/mol. The number of hydrogen-bond acceptors (Lipinski definition) is 3. The number of hydrogen-bond donors (Lipinski definition) is 1. The van der Waals surface area contributed by atoms with E-state index < -0.39 is 0 Å². The number of rotatable bonds is 0. The third-order valence-corrected chi connectivity index (χ3v) is 3.79. The maximum Gasteiger partial charge on any atom is 0.123 e. The summed E-state index contributed by atoms with van der Waals surface area (Å²) in [5.74, 6) is 1.04. The van der Waals surface area contributed by atoms with Crippen LogP contribution in [0.5, 0.6) is 5.75 Å². The summed E-state index contributed by atoms with van der Waals surface area (Å²) in [6.07, 6.45) is 0. The second-order valence-electron chi connectivity index (χ2n) is 4.39. The van der Waals surface area contributed by atoms with Gasteiger partial charge in [-0.25, -0.2) is 0 Å². The molecule has 2 heterocycles. The van der Waals surface area contributed by atoms with Crippen molar-refractivity contribution in [1.29, 1.82) is 0 Å². The Kier molecular flexibility index (Phi) is 6.21. The van der Waals surface area contributed by atoms with Crippen molar-refractivity contribution in [3.8, 4) is 5.75 Å². The molecule has 0 aliphatic carbocycles. The van der Waals surface area contributed by atoms with E-state index in [0.717, 1.165) is 43.0 Å². The molecule has 18 heavy (non-hydrogen) atoms. The largest absolute Gasteiger partial charge is 0.492 e. The van der Waals surface area contributed by atoms with Gasteiger partial charge in [0, 0.05) is 36.2 Å². The van der Waals surface area contributed by atoms with Crippen molar-refractivity contribution in [2.45, 2.75) is 12.6 Å². The van der Waals surface area contributed by atoms with Gasteiger partial charge in [-0.15, -0.1) is 24.8 Å². The first kappa shape index (κ1) is 16.1. The van der Waals surface area contributed by atoms with Gasteiger partial charge in [-0.1, -0.05) is 15.9 Å². The lowest BCUT2D eigenvalue weighted by molar-refractivity contribution is 0.120. The highest BCUT2D eigenvalue weighted by atomic mass is 79.9. The zero-order valence-corrected chi connectivity index (χ0v) is 13.1. The van der Waals surface area contributed by atoms with Crippen LogP contribution in [0.4, 0.5) is 0 Å². The van der Waals surface area contributed by atoms with Crippen LogP contribution in [-0.4, -0.2) is 37.2 Å². The predicted molar refractivity (Wildman–Crippen MR) is 81.2 cm³/mol. The summed E-state index contributed by atoms with van der Waals surface area (Å²) in [6, 6.07) is 6.78. The summed E-state index contributed by atoms with van der Waals surface area (Å²) in [5, 5.41) is 3.42. The normalized spacial score (nSPS) is 22.4. The first-order valence-electron chi connectivity index (χ1n) is 5.69. The molecule has 3 nitrogen and oxygen atoms in total. The SMILES string of the molecule is Brc1ccc2c(c1)CN1CCNCC1CO2.Cl.Cl. The van der Waals surface area contributed by atoms with Crippen LogP contribution in [0.25, 0.3) is 0 Å². The summed E-state index contributed by atoms with van der Waals surface area (Å²) in [5.41, 5.74) is 1.29. The molecule has 1 saturated heterocycles. The lowest BCUT2D eigenvalue weighted by Gasteiger charge is -2.33. The number of benzene rings is 1. The molecule has 1 N–H and O–H groups in total. The number of nitrogens with one attached hydrogen (secondary N) is 1. The number of ether oxygens (including phenoxy) is 1. The molecule has 0 bridgehead atoms. The maximum absolute atomic E-state index is 5.87. The topological polar surface area (TPSA) is 24.5 Å². The van der Waals surface area contributed by atoms with Crippen molar-refractivity contribution < 1.29 is 4.74 Å². The molecule has 0 spiro atoms. The second kappa shape index (κ2) is 6.96. The quantitative estimate of drug-likeness (QED) is 0.773. The Hall–Kier alpha value is -0.000000000000000111. The van der Waals surface area contributed by atoms with Crippen molar-refractivity contribution in [3.63, 3.8) is 0 Å². The number of nitrogens with zero attached hydrogens (tertiary/aromatic N) is 1. The van der Waals surface area contributed by atoms with E-state index in [1.54, 1.807) is 0 Å². The number of halogens is 3. The van der Waals surface area contributed by atoms with Gasteiger partial charge in [-0.3, -0.25) is 4.90 Å². The van der Waals surface area contributed by atoms with Gasteiger partial charge >= 0.3 is 0 Å². The Bertz CT molecular complexity index is 406. The maximum atomic E-state index is 5.87. The highest BCUT2D eigenvalue weighted by Gasteiger charge is 2.26. The molecular formula is C12H17BrCl2N2O. The molecule has 0 radical (unpaired) electrons. The Morgan fingerprint density at radius 1 is 1.33 bits per heavy atom. The van der Waals surface area contributed by atoms with Crippen LogP contribution >= 0.6 is 40.7 Å². The summed E-state index contributed by atoms with van der Waals surface area (Å²) in [7, 11) is 0. The number of piperazine rings is 1. The van der Waals surface area contributed by atoms with Crippen molar-refractivity contribution in [1.82, 2.24) is 10.2 Å². The van der Waals surface area contributed by atoms with Gasteiger partial charge in [0.1, 0.15) is 12.4 Å². The van der Waals surface area contributed by atoms with Crippen molar-refractivity contribution >= 4 is 40.7 Å². The third-order valence-electron chi connectivity index (χ3n) is 3.30. The third kappa shape index (κ3) is 3.31. The molecule has 3 rings (SSSR count). The molecule has 2 aliphatic rings.